The van der Waals surface area contributed by atoms with Crippen molar-refractivity contribution in [1.82, 2.24) is 0 Å². The van der Waals surface area contributed by atoms with E-state index in [9.17, 15) is 20.2 Å². The van der Waals surface area contributed by atoms with E-state index in [1.807, 2.05) is 0 Å². The summed E-state index contributed by atoms with van der Waals surface area (Å²) in [6.07, 6.45) is 0. The fourth-order valence-electron chi connectivity index (χ4n) is 3.38. The van der Waals surface area contributed by atoms with Gasteiger partial charge in [0.05, 0.1) is 16.4 Å². The van der Waals surface area contributed by atoms with Crippen molar-refractivity contribution in [3.05, 3.63) is 110 Å². The normalized spacial score (nSPS) is 14.7. The van der Waals surface area contributed by atoms with Gasteiger partial charge < -0.3 is 15.2 Å². The summed E-state index contributed by atoms with van der Waals surface area (Å²) in [7, 11) is 0. The van der Waals surface area contributed by atoms with Gasteiger partial charge >= 0.3 is 5.97 Å². The summed E-state index contributed by atoms with van der Waals surface area (Å²) in [5.74, 6) is -0.670. The largest absolute Gasteiger partial charge is 0.440 e. The average molecular weight is 448 g/mol. The van der Waals surface area contributed by atoms with Crippen LogP contribution in [0.4, 0.5) is 5.69 Å². The predicted molar refractivity (Wildman–Crippen MR) is 115 cm³/mol. The molecule has 0 aromatic heterocycles. The maximum absolute atomic E-state index is 12.4. The minimum Gasteiger partial charge on any atom is -0.440 e. The number of nitriles is 1. The first kappa shape index (κ1) is 20.9. The summed E-state index contributed by atoms with van der Waals surface area (Å²) < 4.78 is 11.0. The van der Waals surface area contributed by atoms with Gasteiger partial charge in [-0.2, -0.15) is 5.26 Å². The van der Waals surface area contributed by atoms with Crippen LogP contribution in [-0.4, -0.2) is 10.9 Å². The average Bonchev–Trinajstić information content (AvgIpc) is 2.78. The van der Waals surface area contributed by atoms with Gasteiger partial charge in [-0.1, -0.05) is 29.8 Å². The number of nitro benzene ring substituents is 1. The molecule has 4 rings (SSSR count). The van der Waals surface area contributed by atoms with Crippen LogP contribution in [0.5, 0.6) is 11.5 Å². The lowest BCUT2D eigenvalue weighted by molar-refractivity contribution is -0.384. The first-order chi connectivity index (χ1) is 15.4. The lowest BCUT2D eigenvalue weighted by Crippen LogP contribution is -2.21. The van der Waals surface area contributed by atoms with Gasteiger partial charge in [-0.3, -0.25) is 10.1 Å². The molecular formula is C23H14ClN3O5. The van der Waals surface area contributed by atoms with Gasteiger partial charge in [0.1, 0.15) is 23.1 Å². The molecule has 1 aliphatic heterocycles. The number of nitro groups is 1. The molecule has 9 heteroatoms. The molecule has 1 heterocycles. The third-order valence-electron chi connectivity index (χ3n) is 4.92. The summed E-state index contributed by atoms with van der Waals surface area (Å²) in [6.45, 7) is 0. The summed E-state index contributed by atoms with van der Waals surface area (Å²) in [5, 5.41) is 20.9. The van der Waals surface area contributed by atoms with Crippen molar-refractivity contribution in [3.8, 4) is 17.6 Å². The van der Waals surface area contributed by atoms with E-state index in [-0.39, 0.29) is 28.5 Å². The zero-order chi connectivity index (χ0) is 22.8. The quantitative estimate of drug-likeness (QED) is 0.266. The minimum atomic E-state index is -0.689. The van der Waals surface area contributed by atoms with Crippen molar-refractivity contribution in [2.24, 2.45) is 5.73 Å². The fourth-order valence-corrected chi connectivity index (χ4v) is 3.51. The number of esters is 1. The number of rotatable bonds is 4. The number of carbonyl (C=O) groups excluding carboxylic acids is 1. The third kappa shape index (κ3) is 3.97. The number of nitrogens with zero attached hydrogens (tertiary/aromatic N) is 2. The van der Waals surface area contributed by atoms with E-state index in [0.717, 1.165) is 5.56 Å². The van der Waals surface area contributed by atoms with Crippen LogP contribution in [0.1, 0.15) is 27.4 Å². The van der Waals surface area contributed by atoms with E-state index in [1.165, 1.54) is 30.3 Å². The molecule has 0 saturated carbocycles. The molecule has 1 atom stereocenters. The van der Waals surface area contributed by atoms with Gasteiger partial charge in [0.2, 0.25) is 5.88 Å². The van der Waals surface area contributed by atoms with E-state index in [0.29, 0.717) is 16.3 Å². The number of ether oxygens (including phenoxy) is 2. The van der Waals surface area contributed by atoms with Crippen LogP contribution in [0, 0.1) is 21.4 Å². The van der Waals surface area contributed by atoms with Crippen LogP contribution in [0.3, 0.4) is 0 Å². The summed E-state index contributed by atoms with van der Waals surface area (Å²) in [6, 6.07) is 19.0. The van der Waals surface area contributed by atoms with Gasteiger partial charge in [-0.15, -0.1) is 0 Å². The first-order valence-electron chi connectivity index (χ1n) is 9.31. The fraction of sp³-hybridized carbons (Fsp3) is 0.0435. The van der Waals surface area contributed by atoms with Crippen molar-refractivity contribution < 1.29 is 19.2 Å². The van der Waals surface area contributed by atoms with Crippen molar-refractivity contribution >= 4 is 23.3 Å². The molecule has 32 heavy (non-hydrogen) atoms. The van der Waals surface area contributed by atoms with Crippen molar-refractivity contribution in [2.75, 3.05) is 0 Å². The van der Waals surface area contributed by atoms with E-state index < -0.39 is 16.8 Å². The molecule has 158 valence electrons. The van der Waals surface area contributed by atoms with Gasteiger partial charge in [-0.25, -0.2) is 4.79 Å². The highest BCUT2D eigenvalue weighted by Crippen LogP contribution is 2.43. The number of nitrogens with two attached hydrogens (primary N) is 1. The number of hydrogen-bond donors (Lipinski definition) is 1. The van der Waals surface area contributed by atoms with E-state index in [2.05, 4.69) is 6.07 Å². The van der Waals surface area contributed by atoms with Gasteiger partial charge in [-0.05, 0) is 35.9 Å². The molecule has 0 spiro atoms. The Morgan fingerprint density at radius 1 is 1.12 bits per heavy atom. The zero-order valence-corrected chi connectivity index (χ0v) is 17.1. The molecule has 0 bridgehead atoms. The second-order valence-corrected chi connectivity index (χ2v) is 7.31. The van der Waals surface area contributed by atoms with E-state index in [4.69, 9.17) is 26.8 Å². The number of fused-ring (bicyclic) bond motifs is 1. The van der Waals surface area contributed by atoms with Crippen molar-refractivity contribution in [1.29, 1.82) is 5.26 Å². The van der Waals surface area contributed by atoms with Gasteiger partial charge in [0.15, 0.2) is 0 Å². The Kier molecular flexibility index (Phi) is 5.50. The molecule has 0 amide bonds. The minimum absolute atomic E-state index is 0.0428. The second-order valence-electron chi connectivity index (χ2n) is 6.87. The van der Waals surface area contributed by atoms with Crippen LogP contribution < -0.4 is 15.2 Å². The smallest absolute Gasteiger partial charge is 0.343 e. The topological polar surface area (TPSA) is 128 Å². The van der Waals surface area contributed by atoms with Crippen molar-refractivity contribution in [2.45, 2.75) is 5.92 Å². The third-order valence-corrected chi connectivity index (χ3v) is 5.17. The van der Waals surface area contributed by atoms with Crippen LogP contribution in [0.15, 0.2) is 78.2 Å². The number of benzene rings is 3. The SMILES string of the molecule is N#CC1=C(N)Oc2cc(OC(=O)c3ccc([N+](=O)[O-])cc3)ccc2C1c1ccc(Cl)cc1. The Balaban J connectivity index is 1.64. The highest BCUT2D eigenvalue weighted by molar-refractivity contribution is 6.30. The Hall–Kier alpha value is -4.35. The van der Waals surface area contributed by atoms with Gasteiger partial charge in [0, 0.05) is 28.8 Å². The van der Waals surface area contributed by atoms with Crippen molar-refractivity contribution in [3.63, 3.8) is 0 Å². The monoisotopic (exact) mass is 447 g/mol. The summed E-state index contributed by atoms with van der Waals surface area (Å²) >= 11 is 5.99. The predicted octanol–water partition coefficient (Wildman–Crippen LogP) is 4.69. The number of hydrogen-bond acceptors (Lipinski definition) is 7. The maximum atomic E-state index is 12.4. The molecule has 2 N–H and O–H groups in total. The molecule has 3 aromatic rings. The Morgan fingerprint density at radius 3 is 2.44 bits per heavy atom. The Bertz CT molecular complexity index is 1290. The van der Waals surface area contributed by atoms with Crippen LogP contribution in [0.2, 0.25) is 5.02 Å². The molecule has 1 aliphatic rings. The molecule has 0 fully saturated rings. The molecule has 1 unspecified atom stereocenters. The van der Waals surface area contributed by atoms with E-state index >= 15 is 0 Å². The number of carbonyl (C=O) groups is 1. The Labute approximate surface area is 187 Å². The van der Waals surface area contributed by atoms with Crippen LogP contribution in [0.25, 0.3) is 0 Å². The lowest BCUT2D eigenvalue weighted by Gasteiger charge is -2.26. The number of halogens is 1. The highest BCUT2D eigenvalue weighted by atomic mass is 35.5. The summed E-state index contributed by atoms with van der Waals surface area (Å²) in [5.41, 5.74) is 7.74. The standard InChI is InChI=1S/C23H14ClN3O5/c24-15-5-1-13(2-6-15)21-18-10-9-17(11-20(18)32-22(26)19(21)12-25)31-23(28)14-3-7-16(8-4-14)27(29)30/h1-11,21H,26H2. The molecule has 0 saturated heterocycles. The van der Waals surface area contributed by atoms with E-state index in [1.54, 1.807) is 36.4 Å². The maximum Gasteiger partial charge on any atom is 0.343 e. The van der Waals surface area contributed by atoms with Gasteiger partial charge in [0.25, 0.3) is 5.69 Å². The molecule has 0 radical (unpaired) electrons. The van der Waals surface area contributed by atoms with Crippen LogP contribution >= 0.6 is 11.6 Å². The second kappa shape index (κ2) is 8.41. The molecule has 8 nitrogen and oxygen atoms in total. The molecule has 0 aliphatic carbocycles. The first-order valence-corrected chi connectivity index (χ1v) is 9.69. The number of non-ortho nitro benzene ring substituents is 1. The van der Waals surface area contributed by atoms with Crippen LogP contribution in [-0.2, 0) is 0 Å². The highest BCUT2D eigenvalue weighted by Gasteiger charge is 2.31. The zero-order valence-electron chi connectivity index (χ0n) is 16.3. The Morgan fingerprint density at radius 2 is 1.81 bits per heavy atom. The molecule has 3 aromatic carbocycles. The molecular weight excluding hydrogens is 434 g/mol. The lowest BCUT2D eigenvalue weighted by atomic mass is 9.83. The summed E-state index contributed by atoms with van der Waals surface area (Å²) in [4.78, 5) is 22.6. The number of allylic oxidation sites excluding steroid dienone is 1.